The van der Waals surface area contributed by atoms with Crippen molar-refractivity contribution in [2.75, 3.05) is 26.1 Å². The van der Waals surface area contributed by atoms with Gasteiger partial charge in [0.1, 0.15) is 5.75 Å². The van der Waals surface area contributed by atoms with Gasteiger partial charge in [0, 0.05) is 11.3 Å². The van der Waals surface area contributed by atoms with Crippen molar-refractivity contribution in [3.05, 3.63) is 48.0 Å². The summed E-state index contributed by atoms with van der Waals surface area (Å²) in [6, 6.07) is 12.2. The van der Waals surface area contributed by atoms with Gasteiger partial charge in [-0.3, -0.25) is 10.1 Å². The van der Waals surface area contributed by atoms with Crippen LogP contribution in [-0.2, 0) is 0 Å². The first-order chi connectivity index (χ1) is 12.1. The number of ether oxygens (including phenoxy) is 3. The molecule has 0 saturated heterocycles. The van der Waals surface area contributed by atoms with Gasteiger partial charge in [0.2, 0.25) is 0 Å². The Hall–Kier alpha value is -2.80. The van der Waals surface area contributed by atoms with Gasteiger partial charge >= 0.3 is 0 Å². The third-order valence-electron chi connectivity index (χ3n) is 3.30. The third kappa shape index (κ3) is 5.09. The first kappa shape index (κ1) is 18.5. The summed E-state index contributed by atoms with van der Waals surface area (Å²) in [4.78, 5) is 12.3. The Morgan fingerprint density at radius 1 is 1.04 bits per heavy atom. The van der Waals surface area contributed by atoms with E-state index >= 15 is 0 Å². The Kier molecular flexibility index (Phi) is 6.59. The molecule has 0 unspecified atom stereocenters. The van der Waals surface area contributed by atoms with E-state index in [-0.39, 0.29) is 11.0 Å². The molecule has 0 heterocycles. The molecule has 0 bridgehead atoms. The van der Waals surface area contributed by atoms with E-state index in [9.17, 15) is 4.79 Å². The fourth-order valence-corrected chi connectivity index (χ4v) is 2.33. The quantitative estimate of drug-likeness (QED) is 0.771. The van der Waals surface area contributed by atoms with E-state index in [1.54, 1.807) is 18.2 Å². The van der Waals surface area contributed by atoms with Crippen LogP contribution in [-0.4, -0.2) is 31.8 Å². The van der Waals surface area contributed by atoms with Gasteiger partial charge in [-0.1, -0.05) is 0 Å². The molecule has 25 heavy (non-hydrogen) atoms. The normalized spacial score (nSPS) is 9.88. The molecule has 2 aromatic rings. The van der Waals surface area contributed by atoms with Crippen LogP contribution >= 0.6 is 12.2 Å². The number of rotatable bonds is 6. The molecule has 6 nitrogen and oxygen atoms in total. The molecule has 2 aromatic carbocycles. The Labute approximate surface area is 152 Å². The number of nitrogens with one attached hydrogen (secondary N) is 2. The third-order valence-corrected chi connectivity index (χ3v) is 3.50. The standard InChI is InChI=1S/C18H20N2O4S/c1-4-24-14-8-6-13(7-9-14)19-18(25)20-17(21)12-5-10-15(22-2)16(11-12)23-3/h5-11H,4H2,1-3H3,(H2,19,20,21,25). The zero-order valence-corrected chi connectivity index (χ0v) is 15.1. The fraction of sp³-hybridized carbons (Fsp3) is 0.222. The highest BCUT2D eigenvalue weighted by atomic mass is 32.1. The van der Waals surface area contributed by atoms with Crippen LogP contribution in [0.25, 0.3) is 0 Å². The molecule has 0 spiro atoms. The Morgan fingerprint density at radius 2 is 1.72 bits per heavy atom. The van der Waals surface area contributed by atoms with Crippen molar-refractivity contribution in [1.82, 2.24) is 5.32 Å². The topological polar surface area (TPSA) is 68.8 Å². The van der Waals surface area contributed by atoms with Gasteiger partial charge in [-0.15, -0.1) is 0 Å². The second kappa shape index (κ2) is 8.89. The summed E-state index contributed by atoms with van der Waals surface area (Å²) >= 11 is 5.18. The first-order valence-electron chi connectivity index (χ1n) is 7.64. The molecule has 7 heteroatoms. The molecule has 0 aliphatic carbocycles. The summed E-state index contributed by atoms with van der Waals surface area (Å²) in [5, 5.41) is 5.78. The van der Waals surface area contributed by atoms with E-state index in [0.717, 1.165) is 11.4 Å². The van der Waals surface area contributed by atoms with Crippen molar-refractivity contribution in [2.24, 2.45) is 0 Å². The van der Waals surface area contributed by atoms with Crippen LogP contribution in [0.3, 0.4) is 0 Å². The zero-order valence-electron chi connectivity index (χ0n) is 14.3. The summed E-state index contributed by atoms with van der Waals surface area (Å²) in [5.74, 6) is 1.45. The lowest BCUT2D eigenvalue weighted by atomic mass is 10.2. The molecule has 132 valence electrons. The largest absolute Gasteiger partial charge is 0.494 e. The molecule has 0 aliphatic heterocycles. The average Bonchev–Trinajstić information content (AvgIpc) is 2.62. The molecular formula is C18H20N2O4S. The highest BCUT2D eigenvalue weighted by Crippen LogP contribution is 2.27. The average molecular weight is 360 g/mol. The molecule has 0 atom stereocenters. The number of methoxy groups -OCH3 is 2. The van der Waals surface area contributed by atoms with Crippen molar-refractivity contribution < 1.29 is 19.0 Å². The molecule has 0 fully saturated rings. The number of amides is 1. The van der Waals surface area contributed by atoms with Crippen LogP contribution in [0.15, 0.2) is 42.5 Å². The van der Waals surface area contributed by atoms with E-state index in [0.29, 0.717) is 23.7 Å². The first-order valence-corrected chi connectivity index (χ1v) is 8.05. The summed E-state index contributed by atoms with van der Waals surface area (Å²) < 4.78 is 15.7. The lowest BCUT2D eigenvalue weighted by molar-refractivity contribution is 0.0977. The number of carbonyl (C=O) groups excluding carboxylic acids is 1. The number of hydrogen-bond donors (Lipinski definition) is 2. The number of benzene rings is 2. The molecule has 2 N–H and O–H groups in total. The highest BCUT2D eigenvalue weighted by molar-refractivity contribution is 7.80. The maximum absolute atomic E-state index is 12.3. The molecule has 2 rings (SSSR count). The summed E-state index contributed by atoms with van der Waals surface area (Å²) in [5.41, 5.74) is 1.16. The summed E-state index contributed by atoms with van der Waals surface area (Å²) in [7, 11) is 3.05. The monoisotopic (exact) mass is 360 g/mol. The van der Waals surface area contributed by atoms with Crippen LogP contribution in [0.5, 0.6) is 17.2 Å². The van der Waals surface area contributed by atoms with Gasteiger partial charge < -0.3 is 19.5 Å². The van der Waals surface area contributed by atoms with Gasteiger partial charge in [-0.2, -0.15) is 0 Å². The Bertz CT molecular complexity index is 747. The second-order valence-corrected chi connectivity index (χ2v) is 5.34. The minimum atomic E-state index is -0.343. The number of anilines is 1. The van der Waals surface area contributed by atoms with E-state index in [4.69, 9.17) is 26.4 Å². The molecule has 0 saturated carbocycles. The van der Waals surface area contributed by atoms with Gasteiger partial charge in [0.15, 0.2) is 16.6 Å². The SMILES string of the molecule is CCOc1ccc(NC(=S)NC(=O)c2ccc(OC)c(OC)c2)cc1. The maximum atomic E-state index is 12.3. The van der Waals surface area contributed by atoms with Gasteiger partial charge in [0.25, 0.3) is 5.91 Å². The fourth-order valence-electron chi connectivity index (χ4n) is 2.12. The van der Waals surface area contributed by atoms with Crippen molar-refractivity contribution in [3.63, 3.8) is 0 Å². The van der Waals surface area contributed by atoms with Crippen molar-refractivity contribution in [1.29, 1.82) is 0 Å². The minimum Gasteiger partial charge on any atom is -0.494 e. The molecule has 0 aliphatic rings. The van der Waals surface area contributed by atoms with E-state index in [1.807, 2.05) is 31.2 Å². The number of carbonyl (C=O) groups is 1. The lowest BCUT2D eigenvalue weighted by Crippen LogP contribution is -2.34. The molecule has 1 amide bonds. The predicted octanol–water partition coefficient (Wildman–Crippen LogP) is 3.23. The van der Waals surface area contributed by atoms with E-state index in [1.165, 1.54) is 14.2 Å². The van der Waals surface area contributed by atoms with Gasteiger partial charge in [-0.05, 0) is 61.6 Å². The van der Waals surface area contributed by atoms with Crippen molar-refractivity contribution in [3.8, 4) is 17.2 Å². The van der Waals surface area contributed by atoms with Crippen LogP contribution in [0.2, 0.25) is 0 Å². The van der Waals surface area contributed by atoms with Crippen LogP contribution in [0.4, 0.5) is 5.69 Å². The smallest absolute Gasteiger partial charge is 0.257 e. The molecule has 0 aromatic heterocycles. The highest BCUT2D eigenvalue weighted by Gasteiger charge is 2.12. The lowest BCUT2D eigenvalue weighted by Gasteiger charge is -2.12. The van der Waals surface area contributed by atoms with Crippen molar-refractivity contribution in [2.45, 2.75) is 6.92 Å². The van der Waals surface area contributed by atoms with Crippen LogP contribution in [0, 0.1) is 0 Å². The van der Waals surface area contributed by atoms with Crippen molar-refractivity contribution >= 4 is 28.9 Å². The second-order valence-electron chi connectivity index (χ2n) is 4.94. The maximum Gasteiger partial charge on any atom is 0.257 e. The van der Waals surface area contributed by atoms with E-state index < -0.39 is 0 Å². The summed E-state index contributed by atoms with van der Waals surface area (Å²) in [6.07, 6.45) is 0. The molecular weight excluding hydrogens is 340 g/mol. The van der Waals surface area contributed by atoms with Crippen LogP contribution in [0.1, 0.15) is 17.3 Å². The minimum absolute atomic E-state index is 0.198. The van der Waals surface area contributed by atoms with Gasteiger partial charge in [-0.25, -0.2) is 0 Å². The zero-order chi connectivity index (χ0) is 18.2. The van der Waals surface area contributed by atoms with E-state index in [2.05, 4.69) is 10.6 Å². The Morgan fingerprint density at radius 3 is 2.32 bits per heavy atom. The van der Waals surface area contributed by atoms with Gasteiger partial charge in [0.05, 0.1) is 20.8 Å². The van der Waals surface area contributed by atoms with Crippen LogP contribution < -0.4 is 24.8 Å². The number of thiocarbonyl (C=S) groups is 1. The molecule has 0 radical (unpaired) electrons. The predicted molar refractivity (Wildman–Crippen MR) is 101 cm³/mol. The number of hydrogen-bond acceptors (Lipinski definition) is 5. The summed E-state index contributed by atoms with van der Waals surface area (Å²) in [6.45, 7) is 2.53. The Balaban J connectivity index is 1.99.